The maximum Gasteiger partial charge on any atom is 0.190 e. The fourth-order valence-electron chi connectivity index (χ4n) is 4.78. The van der Waals surface area contributed by atoms with Crippen molar-refractivity contribution in [1.29, 1.82) is 0 Å². The standard InChI is InChI=1S/C25H28N6O/c1-27-24-21-12-11-20(16-7-5-4-6-8-16)23(21)29-25(26,30-24)18-9-10-19(22(13-18)32-3)17-14-28-31(2)15-17/h4-10,13-15,20,29H,11-12,26H2,1-3H3,(H,27,30). The summed E-state index contributed by atoms with van der Waals surface area (Å²) in [5.41, 5.74) is 13.4. The molecule has 2 atom stereocenters. The van der Waals surface area contributed by atoms with E-state index < -0.39 is 5.79 Å². The van der Waals surface area contributed by atoms with Crippen molar-refractivity contribution in [2.75, 3.05) is 14.2 Å². The van der Waals surface area contributed by atoms with Crippen molar-refractivity contribution < 1.29 is 4.74 Å². The van der Waals surface area contributed by atoms with Gasteiger partial charge in [-0.25, -0.2) is 0 Å². The summed E-state index contributed by atoms with van der Waals surface area (Å²) < 4.78 is 7.50. The van der Waals surface area contributed by atoms with Crippen LogP contribution in [0.15, 0.2) is 77.2 Å². The van der Waals surface area contributed by atoms with Crippen molar-refractivity contribution >= 4 is 5.84 Å². The number of aryl methyl sites for hydroxylation is 1. The van der Waals surface area contributed by atoms with Crippen molar-refractivity contribution in [2.45, 2.75) is 24.5 Å². The number of aromatic nitrogens is 2. The molecular weight excluding hydrogens is 400 g/mol. The Hall–Kier alpha value is -3.58. The predicted octanol–water partition coefficient (Wildman–Crippen LogP) is 3.22. The smallest absolute Gasteiger partial charge is 0.190 e. The third kappa shape index (κ3) is 3.35. The van der Waals surface area contributed by atoms with E-state index in [-0.39, 0.29) is 5.92 Å². The lowest BCUT2D eigenvalue weighted by molar-refractivity contribution is 0.329. The summed E-state index contributed by atoms with van der Waals surface area (Å²) in [5, 5.41) is 11.3. The van der Waals surface area contributed by atoms with Gasteiger partial charge in [0, 0.05) is 54.2 Å². The second-order valence-electron chi connectivity index (χ2n) is 8.34. The van der Waals surface area contributed by atoms with Crippen molar-refractivity contribution in [1.82, 2.24) is 20.4 Å². The van der Waals surface area contributed by atoms with Crippen molar-refractivity contribution in [3.05, 3.63) is 83.3 Å². The van der Waals surface area contributed by atoms with E-state index in [1.807, 2.05) is 43.7 Å². The second-order valence-corrected chi connectivity index (χ2v) is 8.34. The molecule has 0 saturated carbocycles. The number of hydrogen-bond donors (Lipinski definition) is 3. The number of hydrogen-bond acceptors (Lipinski definition) is 5. The molecule has 1 aliphatic carbocycles. The molecule has 0 fully saturated rings. The number of methoxy groups -OCH3 is 1. The predicted molar refractivity (Wildman–Crippen MR) is 126 cm³/mol. The largest absolute Gasteiger partial charge is 0.496 e. The number of ether oxygens (including phenoxy) is 1. The molecule has 5 rings (SSSR count). The number of nitrogens with one attached hydrogen (secondary N) is 2. The van der Waals surface area contributed by atoms with E-state index in [9.17, 15) is 0 Å². The number of aliphatic imine (C=N–C) groups is 1. The summed E-state index contributed by atoms with van der Waals surface area (Å²) in [6, 6.07) is 16.6. The van der Waals surface area contributed by atoms with Gasteiger partial charge in [-0.05, 0) is 24.5 Å². The Balaban J connectivity index is 1.54. The zero-order valence-corrected chi connectivity index (χ0v) is 18.6. The minimum atomic E-state index is -1.01. The third-order valence-corrected chi connectivity index (χ3v) is 6.39. The zero-order chi connectivity index (χ0) is 22.3. The molecule has 2 aliphatic rings. The molecule has 4 N–H and O–H groups in total. The summed E-state index contributed by atoms with van der Waals surface area (Å²) in [5.74, 6) is 0.843. The number of nitrogens with two attached hydrogens (primary N) is 1. The third-order valence-electron chi connectivity index (χ3n) is 6.39. The normalized spacial score (nSPS) is 23.6. The highest BCUT2D eigenvalue weighted by Crippen LogP contribution is 2.42. The van der Waals surface area contributed by atoms with E-state index in [0.29, 0.717) is 0 Å². The fourth-order valence-corrected chi connectivity index (χ4v) is 4.78. The number of nitrogens with zero attached hydrogens (tertiary/aromatic N) is 3. The van der Waals surface area contributed by atoms with Crippen LogP contribution in [0.25, 0.3) is 11.1 Å². The monoisotopic (exact) mass is 428 g/mol. The number of rotatable bonds is 4. The van der Waals surface area contributed by atoms with E-state index in [1.165, 1.54) is 11.1 Å². The van der Waals surface area contributed by atoms with Crippen molar-refractivity contribution in [2.24, 2.45) is 17.8 Å². The topological polar surface area (TPSA) is 89.5 Å². The lowest BCUT2D eigenvalue weighted by Crippen LogP contribution is -2.65. The molecule has 0 radical (unpaired) electrons. The highest BCUT2D eigenvalue weighted by atomic mass is 16.5. The van der Waals surface area contributed by atoms with Gasteiger partial charge in [0.2, 0.25) is 0 Å². The van der Waals surface area contributed by atoms with E-state index in [2.05, 4.69) is 45.0 Å². The first kappa shape index (κ1) is 20.3. The fraction of sp³-hybridized carbons (Fsp3) is 0.280. The highest BCUT2D eigenvalue weighted by molar-refractivity contribution is 6.01. The molecule has 2 heterocycles. The van der Waals surface area contributed by atoms with E-state index in [0.717, 1.165) is 46.8 Å². The molecule has 32 heavy (non-hydrogen) atoms. The van der Waals surface area contributed by atoms with E-state index in [1.54, 1.807) is 18.8 Å². The van der Waals surface area contributed by atoms with Crippen molar-refractivity contribution in [3.8, 4) is 16.9 Å². The van der Waals surface area contributed by atoms with Crippen LogP contribution in [-0.2, 0) is 12.8 Å². The van der Waals surface area contributed by atoms with E-state index >= 15 is 0 Å². The molecule has 7 nitrogen and oxygen atoms in total. The maximum absolute atomic E-state index is 6.95. The number of amidine groups is 1. The highest BCUT2D eigenvalue weighted by Gasteiger charge is 2.41. The molecule has 2 unspecified atom stereocenters. The first-order chi connectivity index (χ1) is 15.5. The number of benzene rings is 2. The second kappa shape index (κ2) is 7.84. The minimum Gasteiger partial charge on any atom is -0.496 e. The Morgan fingerprint density at radius 1 is 1.19 bits per heavy atom. The van der Waals surface area contributed by atoms with Crippen LogP contribution < -0.4 is 21.1 Å². The molecule has 0 amide bonds. The zero-order valence-electron chi connectivity index (χ0n) is 18.6. The van der Waals surface area contributed by atoms with Crippen LogP contribution in [0, 0.1) is 0 Å². The Labute approximate surface area is 188 Å². The first-order valence-corrected chi connectivity index (χ1v) is 10.8. The molecule has 0 saturated heterocycles. The van der Waals surface area contributed by atoms with Gasteiger partial charge in [-0.3, -0.25) is 15.4 Å². The Morgan fingerprint density at radius 3 is 2.69 bits per heavy atom. The molecular formula is C25H28N6O. The summed E-state index contributed by atoms with van der Waals surface area (Å²) >= 11 is 0. The van der Waals surface area contributed by atoms with Crippen LogP contribution >= 0.6 is 0 Å². The lowest BCUT2D eigenvalue weighted by atomic mass is 9.93. The van der Waals surface area contributed by atoms with Gasteiger partial charge >= 0.3 is 0 Å². The summed E-state index contributed by atoms with van der Waals surface area (Å²) in [7, 11) is 5.38. The van der Waals surface area contributed by atoms with Crippen LogP contribution in [0.4, 0.5) is 0 Å². The number of allylic oxidation sites excluding steroid dienone is 1. The van der Waals surface area contributed by atoms with Gasteiger partial charge in [0.25, 0.3) is 0 Å². The van der Waals surface area contributed by atoms with Crippen LogP contribution in [0.5, 0.6) is 5.75 Å². The molecule has 0 spiro atoms. The lowest BCUT2D eigenvalue weighted by Gasteiger charge is -2.40. The molecule has 1 aliphatic heterocycles. The molecule has 3 aromatic rings. The average molecular weight is 429 g/mol. The van der Waals surface area contributed by atoms with Gasteiger partial charge < -0.3 is 15.4 Å². The van der Waals surface area contributed by atoms with Gasteiger partial charge in [0.05, 0.1) is 13.3 Å². The van der Waals surface area contributed by atoms with E-state index in [4.69, 9.17) is 10.5 Å². The average Bonchev–Trinajstić information content (AvgIpc) is 3.44. The molecule has 164 valence electrons. The SMILES string of the molecule is CN=C1NC(N)(c2ccc(-c3cnn(C)c3)c(OC)c2)NC2=C1CCC2c1ccccc1. The van der Waals surface area contributed by atoms with Crippen LogP contribution in [0.3, 0.4) is 0 Å². The summed E-state index contributed by atoms with van der Waals surface area (Å²) in [6.45, 7) is 0. The van der Waals surface area contributed by atoms with Gasteiger partial charge in [0.1, 0.15) is 11.6 Å². The van der Waals surface area contributed by atoms with Gasteiger partial charge in [-0.1, -0.05) is 42.5 Å². The van der Waals surface area contributed by atoms with Crippen LogP contribution in [-0.4, -0.2) is 29.8 Å². The van der Waals surface area contributed by atoms with Gasteiger partial charge in [-0.2, -0.15) is 5.10 Å². The van der Waals surface area contributed by atoms with Crippen molar-refractivity contribution in [3.63, 3.8) is 0 Å². The summed E-state index contributed by atoms with van der Waals surface area (Å²) in [6.07, 6.45) is 5.78. The first-order valence-electron chi connectivity index (χ1n) is 10.8. The summed E-state index contributed by atoms with van der Waals surface area (Å²) in [4.78, 5) is 4.54. The Bertz CT molecular complexity index is 1210. The minimum absolute atomic E-state index is 0.268. The Morgan fingerprint density at radius 2 is 2.00 bits per heavy atom. The van der Waals surface area contributed by atoms with Crippen LogP contribution in [0.2, 0.25) is 0 Å². The van der Waals surface area contributed by atoms with Gasteiger partial charge in [0.15, 0.2) is 5.79 Å². The quantitative estimate of drug-likeness (QED) is 0.594. The molecule has 7 heteroatoms. The van der Waals surface area contributed by atoms with Crippen LogP contribution in [0.1, 0.15) is 29.9 Å². The molecule has 0 bridgehead atoms. The maximum atomic E-state index is 6.95. The molecule has 1 aromatic heterocycles. The van der Waals surface area contributed by atoms with Gasteiger partial charge in [-0.15, -0.1) is 0 Å². The Kier molecular flexibility index (Phi) is 4.98. The molecule has 2 aromatic carbocycles.